The van der Waals surface area contributed by atoms with Crippen molar-refractivity contribution < 1.29 is 9.59 Å². The molecule has 1 saturated heterocycles. The monoisotopic (exact) mass is 477 g/mol. The van der Waals surface area contributed by atoms with Gasteiger partial charge >= 0.3 is 0 Å². The number of aromatic nitrogens is 1. The van der Waals surface area contributed by atoms with Crippen LogP contribution in [0.2, 0.25) is 5.02 Å². The number of halogens is 1. The minimum absolute atomic E-state index is 0.0271. The van der Waals surface area contributed by atoms with E-state index in [1.807, 2.05) is 19.9 Å². The molecule has 7 heteroatoms. The predicted molar refractivity (Wildman–Crippen MR) is 137 cm³/mol. The third-order valence-electron chi connectivity index (χ3n) is 5.88. The van der Waals surface area contributed by atoms with E-state index in [1.54, 1.807) is 30.3 Å². The van der Waals surface area contributed by atoms with Crippen LogP contribution in [-0.2, 0) is 16.0 Å². The van der Waals surface area contributed by atoms with Crippen LogP contribution in [0.25, 0.3) is 11.8 Å². The lowest BCUT2D eigenvalue weighted by Crippen LogP contribution is -2.54. The van der Waals surface area contributed by atoms with Gasteiger partial charge in [0, 0.05) is 16.4 Å². The summed E-state index contributed by atoms with van der Waals surface area (Å²) in [7, 11) is 0. The van der Waals surface area contributed by atoms with Crippen molar-refractivity contribution in [1.29, 1.82) is 0 Å². The quantitative estimate of drug-likeness (QED) is 0.309. The van der Waals surface area contributed by atoms with Crippen LogP contribution >= 0.6 is 23.8 Å². The lowest BCUT2D eigenvalue weighted by molar-refractivity contribution is -0.122. The van der Waals surface area contributed by atoms with Gasteiger partial charge < -0.3 is 4.57 Å². The highest BCUT2D eigenvalue weighted by Gasteiger charge is 2.34. The van der Waals surface area contributed by atoms with Crippen LogP contribution < -0.4 is 10.2 Å². The highest BCUT2D eigenvalue weighted by Crippen LogP contribution is 2.29. The maximum absolute atomic E-state index is 13.3. The molecule has 4 rings (SSSR count). The summed E-state index contributed by atoms with van der Waals surface area (Å²) in [5.74, 6) is -0.980. The van der Waals surface area contributed by atoms with Crippen molar-refractivity contribution in [3.05, 3.63) is 87.2 Å². The van der Waals surface area contributed by atoms with Crippen molar-refractivity contribution in [2.24, 2.45) is 0 Å². The number of para-hydroxylation sites is 1. The number of nitrogens with zero attached hydrogens (tertiary/aromatic N) is 2. The van der Waals surface area contributed by atoms with Gasteiger partial charge in [0.25, 0.3) is 11.8 Å². The molecule has 0 aliphatic carbocycles. The van der Waals surface area contributed by atoms with Crippen LogP contribution in [0.4, 0.5) is 5.69 Å². The van der Waals surface area contributed by atoms with Gasteiger partial charge in [-0.2, -0.15) is 0 Å². The van der Waals surface area contributed by atoms with Crippen molar-refractivity contribution in [2.75, 3.05) is 4.90 Å². The highest BCUT2D eigenvalue weighted by atomic mass is 35.5. The fourth-order valence-corrected chi connectivity index (χ4v) is 4.65. The van der Waals surface area contributed by atoms with Gasteiger partial charge in [-0.05, 0) is 92.5 Å². The normalized spacial score (nSPS) is 15.4. The van der Waals surface area contributed by atoms with Crippen LogP contribution in [0.5, 0.6) is 0 Å². The number of carbonyl (C=O) groups excluding carboxylic acids is 2. The van der Waals surface area contributed by atoms with Crippen LogP contribution in [0.1, 0.15) is 35.0 Å². The van der Waals surface area contributed by atoms with Crippen molar-refractivity contribution in [3.63, 3.8) is 0 Å². The zero-order valence-corrected chi connectivity index (χ0v) is 20.5. The molecule has 2 amide bonds. The molecule has 1 fully saturated rings. The summed E-state index contributed by atoms with van der Waals surface area (Å²) in [5, 5.41) is 3.22. The molecule has 5 nitrogen and oxygen atoms in total. The molecule has 3 aromatic rings. The Kier molecular flexibility index (Phi) is 6.23. The first-order valence-corrected chi connectivity index (χ1v) is 11.5. The van der Waals surface area contributed by atoms with Gasteiger partial charge in [-0.1, -0.05) is 36.7 Å². The van der Waals surface area contributed by atoms with E-state index >= 15 is 0 Å². The number of rotatable bonds is 4. The van der Waals surface area contributed by atoms with Crippen molar-refractivity contribution in [3.8, 4) is 5.69 Å². The fraction of sp³-hybridized carbons (Fsp3) is 0.192. The number of aryl methyl sites for hydroxylation is 3. The van der Waals surface area contributed by atoms with Crippen molar-refractivity contribution in [1.82, 2.24) is 9.88 Å². The summed E-state index contributed by atoms with van der Waals surface area (Å²) in [6.07, 6.45) is 2.55. The molecule has 168 valence electrons. The van der Waals surface area contributed by atoms with Crippen LogP contribution in [0.3, 0.4) is 0 Å². The summed E-state index contributed by atoms with van der Waals surface area (Å²) in [6, 6.07) is 15.0. The standard InChI is InChI=1S/C26H24ClN3O2S/c1-5-18-8-6-7-15(2)23(18)29-16(3)13-19(17(29)4)14-22-24(31)28-26(33)30(25(22)32)21-11-9-20(27)10-12-21/h6-14H,5H2,1-4H3,(H,28,31,33)/b22-14+. The average molecular weight is 478 g/mol. The zero-order chi connectivity index (χ0) is 23.9. The van der Waals surface area contributed by atoms with E-state index in [-0.39, 0.29) is 10.7 Å². The summed E-state index contributed by atoms with van der Waals surface area (Å²) in [4.78, 5) is 27.4. The molecule has 0 bridgehead atoms. The van der Waals surface area contributed by atoms with E-state index in [4.69, 9.17) is 23.8 Å². The molecule has 1 aromatic heterocycles. The maximum Gasteiger partial charge on any atom is 0.270 e. The minimum Gasteiger partial charge on any atom is -0.317 e. The molecular formula is C26H24ClN3O2S. The molecule has 1 aliphatic rings. The lowest BCUT2D eigenvalue weighted by Gasteiger charge is -2.29. The Hall–Kier alpha value is -3.22. The molecule has 0 spiro atoms. The Labute approximate surface area is 203 Å². The van der Waals surface area contributed by atoms with E-state index < -0.39 is 11.8 Å². The van der Waals surface area contributed by atoms with E-state index in [0.29, 0.717) is 10.7 Å². The molecule has 1 N–H and O–H groups in total. The van der Waals surface area contributed by atoms with E-state index in [0.717, 1.165) is 29.1 Å². The highest BCUT2D eigenvalue weighted by molar-refractivity contribution is 7.80. The van der Waals surface area contributed by atoms with Crippen LogP contribution in [0, 0.1) is 20.8 Å². The number of nitrogens with one attached hydrogen (secondary N) is 1. The Morgan fingerprint density at radius 2 is 1.76 bits per heavy atom. The third-order valence-corrected chi connectivity index (χ3v) is 6.42. The Morgan fingerprint density at radius 1 is 1.06 bits per heavy atom. The van der Waals surface area contributed by atoms with Crippen molar-refractivity contribution in [2.45, 2.75) is 34.1 Å². The number of hydrogen-bond acceptors (Lipinski definition) is 3. The largest absolute Gasteiger partial charge is 0.317 e. The summed E-state index contributed by atoms with van der Waals surface area (Å²) in [5.41, 5.74) is 6.90. The van der Waals surface area contributed by atoms with Crippen LogP contribution in [-0.4, -0.2) is 21.5 Å². The minimum atomic E-state index is -0.509. The molecule has 0 unspecified atom stereocenters. The maximum atomic E-state index is 13.3. The van der Waals surface area contributed by atoms with Gasteiger partial charge in [0.15, 0.2) is 5.11 Å². The van der Waals surface area contributed by atoms with E-state index in [9.17, 15) is 9.59 Å². The smallest absolute Gasteiger partial charge is 0.270 e. The molecular weight excluding hydrogens is 454 g/mol. The number of thiocarbonyl (C=S) groups is 1. The third kappa shape index (κ3) is 4.12. The molecule has 2 aromatic carbocycles. The molecule has 1 aliphatic heterocycles. The van der Waals surface area contributed by atoms with Gasteiger partial charge in [-0.3, -0.25) is 19.8 Å². The summed E-state index contributed by atoms with van der Waals surface area (Å²) >= 11 is 11.3. The fourth-order valence-electron chi connectivity index (χ4n) is 4.24. The number of carbonyl (C=O) groups is 2. The molecule has 33 heavy (non-hydrogen) atoms. The first-order valence-electron chi connectivity index (χ1n) is 10.7. The van der Waals surface area contributed by atoms with Crippen LogP contribution in [0.15, 0.2) is 54.1 Å². The topological polar surface area (TPSA) is 54.3 Å². The number of amides is 2. The molecule has 0 atom stereocenters. The molecule has 0 radical (unpaired) electrons. The van der Waals surface area contributed by atoms with Gasteiger partial charge in [0.1, 0.15) is 5.57 Å². The second-order valence-corrected chi connectivity index (χ2v) is 8.86. The Morgan fingerprint density at radius 3 is 2.42 bits per heavy atom. The number of hydrogen-bond donors (Lipinski definition) is 1. The molecule has 0 saturated carbocycles. The van der Waals surface area contributed by atoms with Gasteiger partial charge in [0.2, 0.25) is 0 Å². The Balaban J connectivity index is 1.80. The van der Waals surface area contributed by atoms with Gasteiger partial charge in [0.05, 0.1) is 11.4 Å². The van der Waals surface area contributed by atoms with Gasteiger partial charge in [-0.25, -0.2) is 0 Å². The zero-order valence-electron chi connectivity index (χ0n) is 18.9. The first-order chi connectivity index (χ1) is 15.7. The average Bonchev–Trinajstić information content (AvgIpc) is 3.05. The molecule has 2 heterocycles. The van der Waals surface area contributed by atoms with E-state index in [1.165, 1.54) is 16.0 Å². The second-order valence-electron chi connectivity index (χ2n) is 8.03. The van der Waals surface area contributed by atoms with Gasteiger partial charge in [-0.15, -0.1) is 0 Å². The summed E-state index contributed by atoms with van der Waals surface area (Å²) in [6.45, 7) is 8.25. The number of anilines is 1. The number of benzene rings is 2. The Bertz CT molecular complexity index is 1320. The van der Waals surface area contributed by atoms with Crippen molar-refractivity contribution >= 4 is 52.5 Å². The summed E-state index contributed by atoms with van der Waals surface area (Å²) < 4.78 is 2.19. The first kappa shape index (κ1) is 23.0. The SMILES string of the molecule is CCc1cccc(C)c1-n1c(C)cc(/C=C2\C(=O)NC(=S)N(c3ccc(Cl)cc3)C2=O)c1C. The predicted octanol–water partition coefficient (Wildman–Crippen LogP) is 5.45. The second kappa shape index (κ2) is 8.96. The van der Waals surface area contributed by atoms with E-state index in [2.05, 4.69) is 41.9 Å². The lowest BCUT2D eigenvalue weighted by atomic mass is 10.0.